The highest BCUT2D eigenvalue weighted by atomic mass is 79.9. The van der Waals surface area contributed by atoms with Crippen molar-refractivity contribution in [2.75, 3.05) is 16.2 Å². The molecule has 0 aliphatic heterocycles. The Labute approximate surface area is 183 Å². The van der Waals surface area contributed by atoms with Gasteiger partial charge in [-0.15, -0.1) is 0 Å². The van der Waals surface area contributed by atoms with Crippen LogP contribution in [0.15, 0.2) is 82.2 Å². The first kappa shape index (κ1) is 21.4. The Morgan fingerprint density at radius 1 is 1.03 bits per heavy atom. The largest absolute Gasteiger partial charge is 0.324 e. The Morgan fingerprint density at radius 2 is 1.76 bits per heavy atom. The Kier molecular flexibility index (Phi) is 6.62. The average Bonchev–Trinajstić information content (AvgIpc) is 2.69. The number of benzene rings is 3. The quantitative estimate of drug-likeness (QED) is 0.510. The second-order valence-electron chi connectivity index (χ2n) is 6.31. The molecule has 0 fully saturated rings. The van der Waals surface area contributed by atoms with E-state index in [9.17, 15) is 13.2 Å². The van der Waals surface area contributed by atoms with Crippen molar-refractivity contribution < 1.29 is 13.2 Å². The molecule has 8 heteroatoms. The summed E-state index contributed by atoms with van der Waals surface area (Å²) in [6, 6.07) is 19.9. The van der Waals surface area contributed by atoms with Crippen LogP contribution in [0.5, 0.6) is 0 Å². The lowest BCUT2D eigenvalue weighted by Gasteiger charge is -2.24. The van der Waals surface area contributed by atoms with Crippen molar-refractivity contribution >= 4 is 54.8 Å². The summed E-state index contributed by atoms with van der Waals surface area (Å²) in [7, 11) is -3.95. The van der Waals surface area contributed by atoms with Gasteiger partial charge in [0.15, 0.2) is 0 Å². The van der Waals surface area contributed by atoms with Crippen LogP contribution in [0.3, 0.4) is 0 Å². The van der Waals surface area contributed by atoms with Crippen molar-refractivity contribution in [3.8, 4) is 0 Å². The lowest BCUT2D eigenvalue weighted by molar-refractivity contribution is -0.114. The maximum absolute atomic E-state index is 13.3. The number of nitrogens with one attached hydrogen (secondary N) is 1. The van der Waals surface area contributed by atoms with E-state index in [1.165, 1.54) is 12.1 Å². The van der Waals surface area contributed by atoms with Crippen LogP contribution in [0.4, 0.5) is 11.4 Å². The molecular weight excluding hydrogens is 476 g/mol. The van der Waals surface area contributed by atoms with Gasteiger partial charge in [0.25, 0.3) is 10.0 Å². The molecule has 0 spiro atoms. The monoisotopic (exact) mass is 492 g/mol. The zero-order valence-corrected chi connectivity index (χ0v) is 18.6. The summed E-state index contributed by atoms with van der Waals surface area (Å²) in [4.78, 5) is 12.9. The van der Waals surface area contributed by atoms with Crippen molar-refractivity contribution in [2.24, 2.45) is 0 Å². The molecule has 29 heavy (non-hydrogen) atoms. The average molecular weight is 494 g/mol. The van der Waals surface area contributed by atoms with Gasteiger partial charge < -0.3 is 5.32 Å². The van der Waals surface area contributed by atoms with Crippen molar-refractivity contribution in [1.82, 2.24) is 0 Å². The highest BCUT2D eigenvalue weighted by molar-refractivity contribution is 9.10. The summed E-state index contributed by atoms with van der Waals surface area (Å²) in [5, 5.41) is 3.23. The van der Waals surface area contributed by atoms with Crippen LogP contribution >= 0.6 is 27.5 Å². The molecular formula is C21H18BrClN2O3S. The van der Waals surface area contributed by atoms with Gasteiger partial charge in [-0.25, -0.2) is 8.42 Å². The van der Waals surface area contributed by atoms with E-state index in [4.69, 9.17) is 11.6 Å². The number of aryl methyl sites for hydroxylation is 1. The highest BCUT2D eigenvalue weighted by Gasteiger charge is 2.27. The molecule has 1 N–H and O–H groups in total. The van der Waals surface area contributed by atoms with Gasteiger partial charge in [0.05, 0.1) is 10.6 Å². The van der Waals surface area contributed by atoms with Crippen molar-refractivity contribution in [3.05, 3.63) is 87.9 Å². The van der Waals surface area contributed by atoms with Crippen LogP contribution < -0.4 is 9.62 Å². The van der Waals surface area contributed by atoms with Gasteiger partial charge >= 0.3 is 0 Å². The summed E-state index contributed by atoms with van der Waals surface area (Å²) in [6.45, 7) is 1.44. The molecule has 0 radical (unpaired) electrons. The Balaban J connectivity index is 1.95. The van der Waals surface area contributed by atoms with Gasteiger partial charge in [-0.3, -0.25) is 9.10 Å². The number of hydrogen-bond acceptors (Lipinski definition) is 3. The molecule has 0 bridgehead atoms. The molecule has 0 aromatic heterocycles. The first-order valence-corrected chi connectivity index (χ1v) is 11.3. The number of nitrogens with zero attached hydrogens (tertiary/aromatic N) is 1. The number of rotatable bonds is 6. The molecule has 5 nitrogen and oxygen atoms in total. The first-order chi connectivity index (χ1) is 13.8. The van der Waals surface area contributed by atoms with E-state index in [1.54, 1.807) is 60.7 Å². The molecule has 0 atom stereocenters. The van der Waals surface area contributed by atoms with Crippen LogP contribution in [-0.2, 0) is 14.8 Å². The molecule has 0 aliphatic carbocycles. The molecule has 0 aliphatic rings. The van der Waals surface area contributed by atoms with E-state index >= 15 is 0 Å². The van der Waals surface area contributed by atoms with Gasteiger partial charge in [0.2, 0.25) is 5.91 Å². The van der Waals surface area contributed by atoms with Crippen LogP contribution in [0, 0.1) is 6.92 Å². The molecule has 3 aromatic rings. The molecule has 3 aromatic carbocycles. The maximum Gasteiger partial charge on any atom is 0.264 e. The second-order valence-corrected chi connectivity index (χ2v) is 9.53. The SMILES string of the molecule is Cc1ccc(Cl)cc1NC(=O)CN(c1cccc(Br)c1)S(=O)(=O)c1ccccc1. The van der Waals surface area contributed by atoms with E-state index in [0.29, 0.717) is 20.9 Å². The van der Waals surface area contributed by atoms with Gasteiger partial charge in [0.1, 0.15) is 6.54 Å². The fourth-order valence-corrected chi connectivity index (χ4v) is 4.71. The van der Waals surface area contributed by atoms with Gasteiger partial charge in [-0.2, -0.15) is 0 Å². The lowest BCUT2D eigenvalue weighted by Crippen LogP contribution is -2.38. The molecule has 150 valence electrons. The van der Waals surface area contributed by atoms with Gasteiger partial charge in [0, 0.05) is 15.2 Å². The minimum absolute atomic E-state index is 0.103. The molecule has 0 saturated heterocycles. The van der Waals surface area contributed by atoms with Crippen LogP contribution in [0.1, 0.15) is 5.56 Å². The van der Waals surface area contributed by atoms with Gasteiger partial charge in [-0.1, -0.05) is 57.9 Å². The highest BCUT2D eigenvalue weighted by Crippen LogP contribution is 2.27. The number of carbonyl (C=O) groups excluding carboxylic acids is 1. The number of anilines is 2. The topological polar surface area (TPSA) is 66.5 Å². The smallest absolute Gasteiger partial charge is 0.264 e. The lowest BCUT2D eigenvalue weighted by atomic mass is 10.2. The van der Waals surface area contributed by atoms with Gasteiger partial charge in [-0.05, 0) is 55.0 Å². The third-order valence-electron chi connectivity index (χ3n) is 4.19. The predicted octanol–water partition coefficient (Wildman–Crippen LogP) is 5.24. The van der Waals surface area contributed by atoms with Crippen LogP contribution in [0.2, 0.25) is 5.02 Å². The summed E-state index contributed by atoms with van der Waals surface area (Å²) in [5.74, 6) is -0.477. The van der Waals surface area contributed by atoms with Crippen molar-refractivity contribution in [1.29, 1.82) is 0 Å². The van der Waals surface area contributed by atoms with Crippen LogP contribution in [0.25, 0.3) is 0 Å². The molecule has 0 saturated carbocycles. The van der Waals surface area contributed by atoms with Crippen LogP contribution in [-0.4, -0.2) is 20.9 Å². The Hall–Kier alpha value is -2.35. The predicted molar refractivity (Wildman–Crippen MR) is 120 cm³/mol. The standard InChI is InChI=1S/C21H18BrClN2O3S/c1-15-10-11-17(23)13-20(15)24-21(26)14-25(18-7-5-6-16(22)12-18)29(27,28)19-8-3-2-4-9-19/h2-13H,14H2,1H3,(H,24,26). The first-order valence-electron chi connectivity index (χ1n) is 8.67. The summed E-state index contributed by atoms with van der Waals surface area (Å²) < 4.78 is 28.3. The molecule has 0 heterocycles. The Morgan fingerprint density at radius 3 is 2.45 bits per heavy atom. The fourth-order valence-electron chi connectivity index (χ4n) is 2.72. The van der Waals surface area contributed by atoms with Crippen molar-refractivity contribution in [3.63, 3.8) is 0 Å². The third kappa shape index (κ3) is 5.18. The Bertz CT molecular complexity index is 1140. The number of carbonyl (C=O) groups is 1. The number of hydrogen-bond donors (Lipinski definition) is 1. The number of halogens is 2. The zero-order chi connectivity index (χ0) is 21.0. The molecule has 3 rings (SSSR count). The second kappa shape index (κ2) is 8.98. The normalized spacial score (nSPS) is 11.1. The summed E-state index contributed by atoms with van der Waals surface area (Å²) in [5.41, 5.74) is 1.73. The summed E-state index contributed by atoms with van der Waals surface area (Å²) >= 11 is 9.36. The maximum atomic E-state index is 13.3. The van der Waals surface area contributed by atoms with E-state index in [1.807, 2.05) is 6.92 Å². The zero-order valence-electron chi connectivity index (χ0n) is 15.5. The summed E-state index contributed by atoms with van der Waals surface area (Å²) in [6.07, 6.45) is 0. The minimum atomic E-state index is -3.95. The third-order valence-corrected chi connectivity index (χ3v) is 6.70. The van der Waals surface area contributed by atoms with E-state index in [2.05, 4.69) is 21.2 Å². The van der Waals surface area contributed by atoms with E-state index in [0.717, 1.165) is 9.87 Å². The fraction of sp³-hybridized carbons (Fsp3) is 0.0952. The van der Waals surface area contributed by atoms with E-state index < -0.39 is 15.9 Å². The molecule has 1 amide bonds. The number of amides is 1. The van der Waals surface area contributed by atoms with E-state index in [-0.39, 0.29) is 11.4 Å². The minimum Gasteiger partial charge on any atom is -0.324 e. The van der Waals surface area contributed by atoms with Crippen molar-refractivity contribution in [2.45, 2.75) is 11.8 Å². The number of sulfonamides is 1. The molecule has 0 unspecified atom stereocenters.